The second-order valence-electron chi connectivity index (χ2n) is 6.01. The van der Waals surface area contributed by atoms with Crippen LogP contribution >= 0.6 is 0 Å². The van der Waals surface area contributed by atoms with E-state index in [2.05, 4.69) is 0 Å². The van der Waals surface area contributed by atoms with Gasteiger partial charge in [-0.15, -0.1) is 0 Å². The number of aliphatic carboxylic acids is 1. The third-order valence-electron chi connectivity index (χ3n) is 3.80. The van der Waals surface area contributed by atoms with Crippen molar-refractivity contribution in [3.63, 3.8) is 0 Å². The van der Waals surface area contributed by atoms with Crippen LogP contribution in [0.1, 0.15) is 60.5 Å². The van der Waals surface area contributed by atoms with Gasteiger partial charge in [0.1, 0.15) is 6.04 Å². The van der Waals surface area contributed by atoms with Gasteiger partial charge in [0.05, 0.1) is 11.1 Å². The molecule has 0 aliphatic carbocycles. The maximum Gasteiger partial charge on any atom is 0.416 e. The standard InChI is InChI=1S/C17H19F6NO3/c1-2-3-4-5-6-13(15(26)27)24-14(25)10-7-11(16(18,19)20)9-12(8-10)17(21,22)23/h7-9,13H,2-6H2,1H3,(H,24,25)(H,26,27)/t13-/m0/s1. The Hall–Kier alpha value is -2.26. The highest BCUT2D eigenvalue weighted by molar-refractivity contribution is 5.97. The molecule has 2 N–H and O–H groups in total. The van der Waals surface area contributed by atoms with Crippen LogP contribution in [0.2, 0.25) is 0 Å². The molecule has 1 aromatic rings. The van der Waals surface area contributed by atoms with Crippen molar-refractivity contribution in [2.24, 2.45) is 0 Å². The smallest absolute Gasteiger partial charge is 0.416 e. The molecule has 0 saturated carbocycles. The number of hydrogen-bond donors (Lipinski definition) is 2. The molecule has 152 valence electrons. The first-order valence-electron chi connectivity index (χ1n) is 8.19. The molecule has 1 aromatic carbocycles. The SMILES string of the molecule is CCCCCC[C@H](NC(=O)c1cc(C(F)(F)F)cc(C(F)(F)F)c1)C(=O)O. The maximum atomic E-state index is 12.8. The Balaban J connectivity index is 3.08. The topological polar surface area (TPSA) is 66.4 Å². The summed E-state index contributed by atoms with van der Waals surface area (Å²) in [5.74, 6) is -2.72. The number of hydrogen-bond acceptors (Lipinski definition) is 2. The zero-order chi connectivity index (χ0) is 20.8. The molecule has 0 spiro atoms. The van der Waals surface area contributed by atoms with Gasteiger partial charge in [-0.25, -0.2) is 4.79 Å². The molecule has 0 bridgehead atoms. The lowest BCUT2D eigenvalue weighted by atomic mass is 10.0. The third kappa shape index (κ3) is 7.10. The third-order valence-corrected chi connectivity index (χ3v) is 3.80. The van der Waals surface area contributed by atoms with Gasteiger partial charge < -0.3 is 10.4 Å². The minimum atomic E-state index is -5.09. The van der Waals surface area contributed by atoms with Crippen LogP contribution in [0, 0.1) is 0 Å². The minimum absolute atomic E-state index is 0.0200. The first-order chi connectivity index (χ1) is 12.4. The predicted octanol–water partition coefficient (Wildman–Crippen LogP) is 4.88. The van der Waals surface area contributed by atoms with Gasteiger partial charge >= 0.3 is 18.3 Å². The van der Waals surface area contributed by atoms with Crippen LogP contribution in [0.4, 0.5) is 26.3 Å². The van der Waals surface area contributed by atoms with Gasteiger partial charge in [-0.05, 0) is 24.6 Å². The lowest BCUT2D eigenvalue weighted by Crippen LogP contribution is -2.40. The molecule has 27 heavy (non-hydrogen) atoms. The van der Waals surface area contributed by atoms with Crippen LogP contribution in [0.25, 0.3) is 0 Å². The van der Waals surface area contributed by atoms with Crippen molar-refractivity contribution >= 4 is 11.9 Å². The molecule has 0 radical (unpaired) electrons. The summed E-state index contributed by atoms with van der Waals surface area (Å²) in [6.45, 7) is 1.93. The van der Waals surface area contributed by atoms with E-state index in [9.17, 15) is 35.9 Å². The zero-order valence-corrected chi connectivity index (χ0v) is 14.4. The number of alkyl halides is 6. The second kappa shape index (κ2) is 9.09. The molecule has 0 fully saturated rings. The van der Waals surface area contributed by atoms with Crippen molar-refractivity contribution in [2.45, 2.75) is 57.4 Å². The van der Waals surface area contributed by atoms with E-state index < -0.39 is 47.0 Å². The molecular formula is C17H19F6NO3. The summed E-state index contributed by atoms with van der Waals surface area (Å²) in [6.07, 6.45) is -7.31. The molecule has 0 aliphatic heterocycles. The Morgan fingerprint density at radius 1 is 0.963 bits per heavy atom. The summed E-state index contributed by atoms with van der Waals surface area (Å²) in [6, 6.07) is -0.976. The van der Waals surface area contributed by atoms with Crippen molar-refractivity contribution in [1.29, 1.82) is 0 Å². The van der Waals surface area contributed by atoms with Crippen molar-refractivity contribution in [2.75, 3.05) is 0 Å². The number of carbonyl (C=O) groups is 2. The van der Waals surface area contributed by atoms with E-state index in [1.807, 2.05) is 12.2 Å². The van der Waals surface area contributed by atoms with Crippen molar-refractivity contribution in [1.82, 2.24) is 5.32 Å². The number of carboxylic acids is 1. The predicted molar refractivity (Wildman–Crippen MR) is 84.1 cm³/mol. The number of benzene rings is 1. The van der Waals surface area contributed by atoms with E-state index in [4.69, 9.17) is 5.11 Å². The Morgan fingerprint density at radius 3 is 1.89 bits per heavy atom. The molecule has 0 heterocycles. The van der Waals surface area contributed by atoms with Crippen molar-refractivity contribution < 1.29 is 41.0 Å². The minimum Gasteiger partial charge on any atom is -0.480 e. The molecule has 1 atom stereocenters. The first kappa shape index (κ1) is 22.8. The molecule has 0 saturated heterocycles. The lowest BCUT2D eigenvalue weighted by molar-refractivity contribution is -0.143. The second-order valence-corrected chi connectivity index (χ2v) is 6.01. The Kier molecular flexibility index (Phi) is 7.67. The van der Waals surface area contributed by atoms with E-state index >= 15 is 0 Å². The van der Waals surface area contributed by atoms with Crippen molar-refractivity contribution in [3.8, 4) is 0 Å². The summed E-state index contributed by atoms with van der Waals surface area (Å²) in [5, 5.41) is 11.1. The number of carbonyl (C=O) groups excluding carboxylic acids is 1. The molecule has 0 aromatic heterocycles. The fraction of sp³-hybridized carbons (Fsp3) is 0.529. The number of rotatable bonds is 8. The van der Waals surface area contributed by atoms with Crippen LogP contribution in [0.15, 0.2) is 18.2 Å². The monoisotopic (exact) mass is 399 g/mol. The Morgan fingerprint density at radius 2 is 1.48 bits per heavy atom. The van der Waals surface area contributed by atoms with Crippen LogP contribution < -0.4 is 5.32 Å². The number of amides is 1. The summed E-state index contributed by atoms with van der Waals surface area (Å²) in [7, 11) is 0. The summed E-state index contributed by atoms with van der Waals surface area (Å²) in [4.78, 5) is 23.3. The van der Waals surface area contributed by atoms with Gasteiger partial charge in [0.25, 0.3) is 5.91 Å². The highest BCUT2D eigenvalue weighted by atomic mass is 19.4. The number of unbranched alkanes of at least 4 members (excludes halogenated alkanes) is 3. The van der Waals surface area contributed by atoms with Crippen LogP contribution in [-0.4, -0.2) is 23.0 Å². The number of nitrogens with one attached hydrogen (secondary N) is 1. The molecule has 0 aliphatic rings. The van der Waals surface area contributed by atoms with Gasteiger partial charge in [-0.1, -0.05) is 32.6 Å². The molecule has 4 nitrogen and oxygen atoms in total. The first-order valence-corrected chi connectivity index (χ1v) is 8.19. The quantitative estimate of drug-likeness (QED) is 0.484. The zero-order valence-electron chi connectivity index (χ0n) is 14.4. The van der Waals surface area contributed by atoms with E-state index in [0.29, 0.717) is 12.8 Å². The fourth-order valence-corrected chi connectivity index (χ4v) is 2.36. The number of carboxylic acid groups (broad SMARTS) is 1. The van der Waals surface area contributed by atoms with Crippen molar-refractivity contribution in [3.05, 3.63) is 34.9 Å². The summed E-state index contributed by atoms with van der Waals surface area (Å²) < 4.78 is 77.0. The lowest BCUT2D eigenvalue weighted by Gasteiger charge is -2.17. The Bertz CT molecular complexity index is 637. The van der Waals surface area contributed by atoms with Gasteiger partial charge in [-0.2, -0.15) is 26.3 Å². The highest BCUT2D eigenvalue weighted by Gasteiger charge is 2.37. The maximum absolute atomic E-state index is 12.8. The van der Waals surface area contributed by atoms with Gasteiger partial charge in [0.15, 0.2) is 0 Å². The molecule has 0 unspecified atom stereocenters. The fourth-order valence-electron chi connectivity index (χ4n) is 2.36. The van der Waals surface area contributed by atoms with E-state index in [0.717, 1.165) is 12.8 Å². The van der Waals surface area contributed by atoms with E-state index in [1.54, 1.807) is 0 Å². The summed E-state index contributed by atoms with van der Waals surface area (Å²) in [5.41, 5.74) is -4.19. The highest BCUT2D eigenvalue weighted by Crippen LogP contribution is 2.36. The van der Waals surface area contributed by atoms with Gasteiger partial charge in [0.2, 0.25) is 0 Å². The van der Waals surface area contributed by atoms with Gasteiger partial charge in [-0.3, -0.25) is 4.79 Å². The molecule has 1 rings (SSSR count). The molecule has 1 amide bonds. The number of halogens is 6. The molecule has 10 heteroatoms. The van der Waals surface area contributed by atoms with Crippen LogP contribution in [0.3, 0.4) is 0 Å². The van der Waals surface area contributed by atoms with Crippen LogP contribution in [0.5, 0.6) is 0 Å². The largest absolute Gasteiger partial charge is 0.480 e. The van der Waals surface area contributed by atoms with E-state index in [1.165, 1.54) is 0 Å². The van der Waals surface area contributed by atoms with Crippen LogP contribution in [-0.2, 0) is 17.1 Å². The average molecular weight is 399 g/mol. The van der Waals surface area contributed by atoms with Gasteiger partial charge in [0, 0.05) is 5.56 Å². The van der Waals surface area contributed by atoms with E-state index in [-0.39, 0.29) is 24.6 Å². The summed E-state index contributed by atoms with van der Waals surface area (Å²) >= 11 is 0. The average Bonchev–Trinajstić information content (AvgIpc) is 2.55. The normalized spacial score (nSPS) is 13.3. The Labute approximate surface area is 151 Å². The molecular weight excluding hydrogens is 380 g/mol.